The molecule has 152 valence electrons. The van der Waals surface area contributed by atoms with Crippen LogP contribution in [0.5, 0.6) is 11.5 Å². The highest BCUT2D eigenvalue weighted by atomic mass is 32.2. The van der Waals surface area contributed by atoms with Crippen molar-refractivity contribution in [1.29, 1.82) is 0 Å². The molecule has 1 amide bonds. The Morgan fingerprint density at radius 2 is 1.75 bits per heavy atom. The van der Waals surface area contributed by atoms with Crippen molar-refractivity contribution in [1.82, 2.24) is 5.32 Å². The fourth-order valence-electron chi connectivity index (χ4n) is 2.73. The largest absolute Gasteiger partial charge is 0.497 e. The summed E-state index contributed by atoms with van der Waals surface area (Å²) in [4.78, 5) is 12.6. The Morgan fingerprint density at radius 1 is 1.11 bits per heavy atom. The van der Waals surface area contributed by atoms with E-state index in [1.54, 1.807) is 12.1 Å². The van der Waals surface area contributed by atoms with Crippen molar-refractivity contribution < 1.29 is 22.7 Å². The molecule has 0 saturated carbocycles. The topological polar surface area (TPSA) is 84.9 Å². The van der Waals surface area contributed by atoms with Crippen molar-refractivity contribution in [2.24, 2.45) is 0 Å². The van der Waals surface area contributed by atoms with Crippen molar-refractivity contribution in [2.45, 2.75) is 19.9 Å². The van der Waals surface area contributed by atoms with Gasteiger partial charge in [0.15, 0.2) is 0 Å². The van der Waals surface area contributed by atoms with Gasteiger partial charge in [0.25, 0.3) is 0 Å². The van der Waals surface area contributed by atoms with E-state index in [2.05, 4.69) is 5.32 Å². The summed E-state index contributed by atoms with van der Waals surface area (Å²) in [5, 5.41) is 2.84. The van der Waals surface area contributed by atoms with Crippen LogP contribution in [0.2, 0.25) is 0 Å². The lowest BCUT2D eigenvalue weighted by Gasteiger charge is -2.25. The molecule has 2 aromatic rings. The van der Waals surface area contributed by atoms with E-state index in [4.69, 9.17) is 9.47 Å². The van der Waals surface area contributed by atoms with Crippen LogP contribution in [-0.4, -0.2) is 41.3 Å². The van der Waals surface area contributed by atoms with Gasteiger partial charge in [-0.15, -0.1) is 0 Å². The molecule has 1 atom stereocenters. The van der Waals surface area contributed by atoms with Crippen LogP contribution in [0.3, 0.4) is 0 Å². The van der Waals surface area contributed by atoms with Gasteiger partial charge in [0.05, 0.1) is 32.2 Å². The highest BCUT2D eigenvalue weighted by Gasteiger charge is 2.25. The number of methoxy groups -OCH3 is 2. The third-order valence-electron chi connectivity index (χ3n) is 4.30. The van der Waals surface area contributed by atoms with Crippen LogP contribution in [0.4, 0.5) is 5.69 Å². The van der Waals surface area contributed by atoms with Crippen LogP contribution in [0, 0.1) is 6.92 Å². The number of benzene rings is 2. The molecule has 0 aliphatic carbocycles. The molecular weight excluding hydrogens is 380 g/mol. The first-order valence-corrected chi connectivity index (χ1v) is 10.6. The standard InChI is InChI=1S/C20H26N2O5S/c1-14-6-8-16(9-7-14)15(2)21-20(23)13-22(28(5,24)25)18-12-17(26-3)10-11-19(18)27-4/h6-12,15H,13H2,1-5H3,(H,21,23). The third kappa shape index (κ3) is 5.39. The van der Waals surface area contributed by atoms with Gasteiger partial charge >= 0.3 is 0 Å². The molecule has 28 heavy (non-hydrogen) atoms. The molecule has 7 nitrogen and oxygen atoms in total. The first kappa shape index (κ1) is 21.6. The number of amides is 1. The molecule has 0 spiro atoms. The molecule has 0 heterocycles. The SMILES string of the molecule is COc1ccc(OC)c(N(CC(=O)NC(C)c2ccc(C)cc2)S(C)(=O)=O)c1. The molecular formula is C20H26N2O5S. The lowest BCUT2D eigenvalue weighted by molar-refractivity contribution is -0.120. The van der Waals surface area contributed by atoms with E-state index in [9.17, 15) is 13.2 Å². The highest BCUT2D eigenvalue weighted by molar-refractivity contribution is 7.92. The number of ether oxygens (including phenoxy) is 2. The van der Waals surface area contributed by atoms with Gasteiger partial charge in [-0.3, -0.25) is 9.10 Å². The molecule has 2 rings (SSSR count). The molecule has 0 aliphatic heterocycles. The number of carbonyl (C=O) groups is 1. The maximum absolute atomic E-state index is 12.6. The number of rotatable bonds is 8. The van der Waals surface area contributed by atoms with Crippen molar-refractivity contribution in [3.63, 3.8) is 0 Å². The third-order valence-corrected chi connectivity index (χ3v) is 5.42. The average molecular weight is 407 g/mol. The summed E-state index contributed by atoms with van der Waals surface area (Å²) in [6, 6.07) is 12.3. The number of aryl methyl sites for hydroxylation is 1. The van der Waals surface area contributed by atoms with Gasteiger partial charge in [-0.25, -0.2) is 8.42 Å². The second kappa shape index (κ2) is 8.97. The zero-order valence-corrected chi connectivity index (χ0v) is 17.5. The maximum atomic E-state index is 12.6. The number of hydrogen-bond donors (Lipinski definition) is 1. The second-order valence-electron chi connectivity index (χ2n) is 6.51. The van der Waals surface area contributed by atoms with Crippen LogP contribution in [0.1, 0.15) is 24.1 Å². The van der Waals surface area contributed by atoms with E-state index in [0.717, 1.165) is 21.7 Å². The predicted octanol–water partition coefficient (Wildman–Crippen LogP) is 2.66. The zero-order valence-electron chi connectivity index (χ0n) is 16.7. The number of carbonyl (C=O) groups excluding carboxylic acids is 1. The smallest absolute Gasteiger partial charge is 0.241 e. The van der Waals surface area contributed by atoms with Gasteiger partial charge in [-0.05, 0) is 31.5 Å². The van der Waals surface area contributed by atoms with E-state index >= 15 is 0 Å². The van der Waals surface area contributed by atoms with E-state index in [0.29, 0.717) is 11.5 Å². The second-order valence-corrected chi connectivity index (χ2v) is 8.41. The van der Waals surface area contributed by atoms with Crippen LogP contribution < -0.4 is 19.1 Å². The van der Waals surface area contributed by atoms with Gasteiger partial charge < -0.3 is 14.8 Å². The van der Waals surface area contributed by atoms with Gasteiger partial charge in [-0.2, -0.15) is 0 Å². The Balaban J connectivity index is 2.25. The highest BCUT2D eigenvalue weighted by Crippen LogP contribution is 2.33. The van der Waals surface area contributed by atoms with Crippen molar-refractivity contribution in [3.8, 4) is 11.5 Å². The van der Waals surface area contributed by atoms with Gasteiger partial charge in [0, 0.05) is 6.07 Å². The Labute approximate surface area is 166 Å². The van der Waals surface area contributed by atoms with Crippen molar-refractivity contribution in [2.75, 3.05) is 31.3 Å². The normalized spacial score (nSPS) is 12.2. The molecule has 0 radical (unpaired) electrons. The van der Waals surface area contributed by atoms with Crippen LogP contribution in [-0.2, 0) is 14.8 Å². The number of hydrogen-bond acceptors (Lipinski definition) is 5. The Hall–Kier alpha value is -2.74. The lowest BCUT2D eigenvalue weighted by Crippen LogP contribution is -2.41. The Kier molecular flexibility index (Phi) is 6.90. The average Bonchev–Trinajstić information content (AvgIpc) is 2.65. The summed E-state index contributed by atoms with van der Waals surface area (Å²) in [5.74, 6) is 0.354. The number of sulfonamides is 1. The van der Waals surface area contributed by atoms with E-state index in [1.807, 2.05) is 38.1 Å². The minimum absolute atomic E-state index is 0.238. The minimum Gasteiger partial charge on any atom is -0.497 e. The summed E-state index contributed by atoms with van der Waals surface area (Å²) < 4.78 is 36.2. The fourth-order valence-corrected chi connectivity index (χ4v) is 3.58. The molecule has 0 aromatic heterocycles. The van der Waals surface area contributed by atoms with Gasteiger partial charge in [0.1, 0.15) is 18.0 Å². The zero-order chi connectivity index (χ0) is 20.9. The molecule has 8 heteroatoms. The summed E-state index contributed by atoms with van der Waals surface area (Å²) in [5.41, 5.74) is 2.29. The Bertz CT molecular complexity index is 926. The van der Waals surface area contributed by atoms with Crippen LogP contribution in [0.15, 0.2) is 42.5 Å². The van der Waals surface area contributed by atoms with E-state index < -0.39 is 15.9 Å². The van der Waals surface area contributed by atoms with Crippen LogP contribution in [0.25, 0.3) is 0 Å². The summed E-state index contributed by atoms with van der Waals surface area (Å²) in [7, 11) is -0.825. The number of anilines is 1. The minimum atomic E-state index is -3.74. The van der Waals surface area contributed by atoms with Crippen molar-refractivity contribution >= 4 is 21.6 Å². The molecule has 2 aromatic carbocycles. The van der Waals surface area contributed by atoms with Gasteiger partial charge in [0.2, 0.25) is 15.9 Å². The Morgan fingerprint density at radius 3 is 2.29 bits per heavy atom. The molecule has 0 bridgehead atoms. The molecule has 0 fully saturated rings. The quantitative estimate of drug-likeness (QED) is 0.729. The maximum Gasteiger partial charge on any atom is 0.241 e. The summed E-state index contributed by atoms with van der Waals surface area (Å²) in [6.45, 7) is 3.45. The molecule has 0 saturated heterocycles. The number of nitrogens with zero attached hydrogens (tertiary/aromatic N) is 1. The summed E-state index contributed by atoms with van der Waals surface area (Å²) >= 11 is 0. The first-order chi connectivity index (χ1) is 13.2. The van der Waals surface area contributed by atoms with Gasteiger partial charge in [-0.1, -0.05) is 29.8 Å². The van der Waals surface area contributed by atoms with Crippen LogP contribution >= 0.6 is 0 Å². The summed E-state index contributed by atoms with van der Waals surface area (Å²) in [6.07, 6.45) is 1.04. The lowest BCUT2D eigenvalue weighted by atomic mass is 10.1. The molecule has 1 unspecified atom stereocenters. The number of nitrogens with one attached hydrogen (secondary N) is 1. The fraction of sp³-hybridized carbons (Fsp3) is 0.350. The molecule has 0 aliphatic rings. The first-order valence-electron chi connectivity index (χ1n) is 8.71. The monoisotopic (exact) mass is 406 g/mol. The van der Waals surface area contributed by atoms with E-state index in [1.165, 1.54) is 20.3 Å². The molecule has 1 N–H and O–H groups in total. The van der Waals surface area contributed by atoms with Crippen molar-refractivity contribution in [3.05, 3.63) is 53.6 Å². The predicted molar refractivity (Wildman–Crippen MR) is 109 cm³/mol. The van der Waals surface area contributed by atoms with E-state index in [-0.39, 0.29) is 18.3 Å².